The summed E-state index contributed by atoms with van der Waals surface area (Å²) in [5, 5.41) is 3.85. The molecule has 4 rings (SSSR count). The van der Waals surface area contributed by atoms with Crippen molar-refractivity contribution < 1.29 is 13.9 Å². The van der Waals surface area contributed by atoms with E-state index in [1.165, 1.54) is 6.33 Å². The molecule has 1 fully saturated rings. The Bertz CT molecular complexity index is 947. The number of nitrogens with zero attached hydrogens (tertiary/aromatic N) is 2. The zero-order valence-corrected chi connectivity index (χ0v) is 15.0. The van der Waals surface area contributed by atoms with Crippen LogP contribution in [0.15, 0.2) is 41.1 Å². The molecule has 128 valence electrons. The van der Waals surface area contributed by atoms with Crippen LogP contribution in [0.25, 0.3) is 10.9 Å². The predicted octanol–water partition coefficient (Wildman–Crippen LogP) is 4.36. The van der Waals surface area contributed by atoms with Gasteiger partial charge in [-0.05, 0) is 46.6 Å². The van der Waals surface area contributed by atoms with Crippen LogP contribution in [0.2, 0.25) is 0 Å². The van der Waals surface area contributed by atoms with Crippen molar-refractivity contribution in [1.82, 2.24) is 9.97 Å². The molecule has 1 aliphatic rings. The number of fused-ring (bicyclic) bond motifs is 1. The van der Waals surface area contributed by atoms with Crippen LogP contribution in [0.5, 0.6) is 5.75 Å². The average Bonchev–Trinajstić information content (AvgIpc) is 3.42. The Morgan fingerprint density at radius 3 is 3.00 bits per heavy atom. The van der Waals surface area contributed by atoms with Crippen molar-refractivity contribution in [3.8, 4) is 5.75 Å². The maximum absolute atomic E-state index is 14.2. The molecule has 7 heteroatoms. The number of epoxide rings is 1. The van der Waals surface area contributed by atoms with Gasteiger partial charge >= 0.3 is 0 Å². The van der Waals surface area contributed by atoms with Gasteiger partial charge in [0, 0.05) is 11.5 Å². The van der Waals surface area contributed by atoms with E-state index >= 15 is 0 Å². The fourth-order valence-electron chi connectivity index (χ4n) is 2.52. The first-order valence-electron chi connectivity index (χ1n) is 7.82. The Kier molecular flexibility index (Phi) is 4.27. The Labute approximate surface area is 152 Å². The highest BCUT2D eigenvalue weighted by Crippen LogP contribution is 2.31. The first kappa shape index (κ1) is 16.2. The van der Waals surface area contributed by atoms with Crippen molar-refractivity contribution in [2.75, 3.05) is 18.5 Å². The van der Waals surface area contributed by atoms with E-state index in [1.54, 1.807) is 18.2 Å². The molecular weight excluding hydrogens is 389 g/mol. The third-order valence-electron chi connectivity index (χ3n) is 3.96. The predicted molar refractivity (Wildman–Crippen MR) is 96.9 cm³/mol. The number of aryl methyl sites for hydroxylation is 1. The summed E-state index contributed by atoms with van der Waals surface area (Å²) in [6, 6.07) is 8.88. The monoisotopic (exact) mass is 403 g/mol. The fourth-order valence-corrected chi connectivity index (χ4v) is 2.89. The highest BCUT2D eigenvalue weighted by Gasteiger charge is 2.23. The molecule has 1 aromatic heterocycles. The van der Waals surface area contributed by atoms with Gasteiger partial charge in [-0.1, -0.05) is 6.07 Å². The first-order valence-corrected chi connectivity index (χ1v) is 8.62. The number of halogens is 2. The summed E-state index contributed by atoms with van der Waals surface area (Å²) < 4.78 is 25.6. The lowest BCUT2D eigenvalue weighted by atomic mass is 10.1. The molecule has 0 unspecified atom stereocenters. The highest BCUT2D eigenvalue weighted by atomic mass is 79.9. The molecule has 2 aromatic carbocycles. The average molecular weight is 404 g/mol. The second kappa shape index (κ2) is 6.57. The van der Waals surface area contributed by atoms with Crippen LogP contribution in [-0.2, 0) is 4.74 Å². The third-order valence-corrected chi connectivity index (χ3v) is 4.58. The summed E-state index contributed by atoms with van der Waals surface area (Å²) >= 11 is 3.19. The highest BCUT2D eigenvalue weighted by molar-refractivity contribution is 9.10. The molecule has 1 aliphatic heterocycles. The van der Waals surface area contributed by atoms with E-state index in [-0.39, 0.29) is 11.9 Å². The molecule has 5 nitrogen and oxygen atoms in total. The largest absolute Gasteiger partial charge is 0.490 e. The Morgan fingerprint density at radius 2 is 2.20 bits per heavy atom. The van der Waals surface area contributed by atoms with Crippen molar-refractivity contribution in [2.24, 2.45) is 0 Å². The van der Waals surface area contributed by atoms with Crippen LogP contribution in [-0.4, -0.2) is 29.3 Å². The maximum Gasteiger partial charge on any atom is 0.160 e. The van der Waals surface area contributed by atoms with E-state index in [1.807, 2.05) is 19.1 Å². The minimum Gasteiger partial charge on any atom is -0.490 e. The quantitative estimate of drug-likeness (QED) is 0.641. The van der Waals surface area contributed by atoms with Crippen LogP contribution < -0.4 is 10.1 Å². The molecule has 0 saturated carbocycles. The van der Waals surface area contributed by atoms with Crippen LogP contribution >= 0.6 is 15.9 Å². The van der Waals surface area contributed by atoms with Crippen molar-refractivity contribution in [2.45, 2.75) is 13.0 Å². The van der Waals surface area contributed by atoms with Gasteiger partial charge in [-0.15, -0.1) is 0 Å². The Balaban J connectivity index is 1.69. The number of hydrogen-bond donors (Lipinski definition) is 1. The van der Waals surface area contributed by atoms with E-state index in [4.69, 9.17) is 9.47 Å². The van der Waals surface area contributed by atoms with Gasteiger partial charge in [0.05, 0.1) is 22.3 Å². The Morgan fingerprint density at radius 1 is 1.36 bits per heavy atom. The molecule has 0 spiro atoms. The normalized spacial score (nSPS) is 16.0. The van der Waals surface area contributed by atoms with Crippen molar-refractivity contribution in [1.29, 1.82) is 0 Å². The zero-order valence-electron chi connectivity index (χ0n) is 13.4. The third kappa shape index (κ3) is 3.43. The maximum atomic E-state index is 14.2. The number of anilines is 2. The molecule has 0 amide bonds. The standard InChI is InChI=1S/C18H15BrFN3O2/c1-10-5-12-15(6-16(10)25-8-11-7-24-11)21-9-22-18(12)23-14-4-2-3-13(19)17(14)20/h2-6,9,11H,7-8H2,1H3,(H,21,22,23)/t11-/m1/s1. The zero-order chi connectivity index (χ0) is 17.4. The molecule has 0 aliphatic carbocycles. The minimum absolute atomic E-state index is 0.192. The van der Waals surface area contributed by atoms with Gasteiger partial charge in [0.1, 0.15) is 30.6 Å². The van der Waals surface area contributed by atoms with E-state index in [2.05, 4.69) is 31.2 Å². The number of hydrogen-bond acceptors (Lipinski definition) is 5. The summed E-state index contributed by atoms with van der Waals surface area (Å²) in [4.78, 5) is 8.57. The van der Waals surface area contributed by atoms with Crippen molar-refractivity contribution >= 4 is 38.3 Å². The van der Waals surface area contributed by atoms with E-state index in [0.29, 0.717) is 22.6 Å². The van der Waals surface area contributed by atoms with Crippen molar-refractivity contribution in [3.05, 3.63) is 52.5 Å². The lowest BCUT2D eigenvalue weighted by Gasteiger charge is -2.13. The molecule has 1 N–H and O–H groups in total. The molecule has 3 aromatic rings. The number of nitrogens with one attached hydrogen (secondary N) is 1. The van der Waals surface area contributed by atoms with Crippen LogP contribution in [0.4, 0.5) is 15.9 Å². The van der Waals surface area contributed by atoms with Gasteiger partial charge in [-0.3, -0.25) is 0 Å². The number of rotatable bonds is 5. The molecular formula is C18H15BrFN3O2. The number of ether oxygens (including phenoxy) is 2. The Hall–Kier alpha value is -2.25. The molecule has 25 heavy (non-hydrogen) atoms. The van der Waals surface area contributed by atoms with Crippen LogP contribution in [0, 0.1) is 12.7 Å². The second-order valence-corrected chi connectivity index (χ2v) is 6.70. The summed E-state index contributed by atoms with van der Waals surface area (Å²) in [6.07, 6.45) is 1.64. The summed E-state index contributed by atoms with van der Waals surface area (Å²) in [5.41, 5.74) is 2.03. The molecule has 0 radical (unpaired) electrons. The van der Waals surface area contributed by atoms with Gasteiger partial charge in [-0.25, -0.2) is 14.4 Å². The van der Waals surface area contributed by atoms with E-state index < -0.39 is 0 Å². The first-order chi connectivity index (χ1) is 12.1. The van der Waals surface area contributed by atoms with Gasteiger partial charge in [0.2, 0.25) is 0 Å². The number of aromatic nitrogens is 2. The smallest absolute Gasteiger partial charge is 0.160 e. The molecule has 1 atom stereocenters. The van der Waals surface area contributed by atoms with Gasteiger partial charge in [0.25, 0.3) is 0 Å². The molecule has 2 heterocycles. The van der Waals surface area contributed by atoms with Crippen LogP contribution in [0.3, 0.4) is 0 Å². The fraction of sp³-hybridized carbons (Fsp3) is 0.222. The van der Waals surface area contributed by atoms with Crippen LogP contribution in [0.1, 0.15) is 5.56 Å². The summed E-state index contributed by atoms with van der Waals surface area (Å²) in [7, 11) is 0. The van der Waals surface area contributed by atoms with Crippen molar-refractivity contribution in [3.63, 3.8) is 0 Å². The topological polar surface area (TPSA) is 59.6 Å². The molecule has 0 bridgehead atoms. The SMILES string of the molecule is Cc1cc2c(Nc3cccc(Br)c3F)ncnc2cc1OC[C@H]1CO1. The minimum atomic E-state index is -0.365. The van der Waals surface area contributed by atoms with E-state index in [9.17, 15) is 4.39 Å². The lowest BCUT2D eigenvalue weighted by molar-refractivity contribution is 0.262. The van der Waals surface area contributed by atoms with Gasteiger partial charge in [0.15, 0.2) is 5.82 Å². The number of benzene rings is 2. The van der Waals surface area contributed by atoms with Gasteiger partial charge < -0.3 is 14.8 Å². The van der Waals surface area contributed by atoms with E-state index in [0.717, 1.165) is 28.8 Å². The summed E-state index contributed by atoms with van der Waals surface area (Å²) in [6.45, 7) is 3.24. The van der Waals surface area contributed by atoms with Gasteiger partial charge in [-0.2, -0.15) is 0 Å². The summed E-state index contributed by atoms with van der Waals surface area (Å²) in [5.74, 6) is 0.943. The lowest BCUT2D eigenvalue weighted by Crippen LogP contribution is -2.05. The molecule has 1 saturated heterocycles. The second-order valence-electron chi connectivity index (χ2n) is 5.85.